The average molecular weight is 409 g/mol. The molecule has 29 heavy (non-hydrogen) atoms. The molecule has 0 fully saturated rings. The van der Waals surface area contributed by atoms with E-state index in [4.69, 9.17) is 4.74 Å². The molecule has 1 heterocycles. The zero-order valence-electron chi connectivity index (χ0n) is 15.7. The summed E-state index contributed by atoms with van der Waals surface area (Å²) in [6.07, 6.45) is 0. The second-order valence-electron chi connectivity index (χ2n) is 6.10. The standard InChI is InChI=1S/C21H19N3O4S/c1-14(25)16-9-5-6-10-17(16)23-19(26)12-28-20(27)18-13-29-21(24-18)22-11-15-7-3-2-4-8-15/h2-10,13H,11-12H2,1H3,(H,22,24)(H,23,26). The normalized spacial score (nSPS) is 10.2. The van der Waals surface area contributed by atoms with E-state index in [9.17, 15) is 14.4 Å². The van der Waals surface area contributed by atoms with Gasteiger partial charge in [0.2, 0.25) is 0 Å². The second kappa shape index (κ2) is 9.61. The number of ketones is 1. The van der Waals surface area contributed by atoms with E-state index in [0.29, 0.717) is 22.9 Å². The molecule has 3 rings (SSSR count). The molecule has 0 spiro atoms. The summed E-state index contributed by atoms with van der Waals surface area (Å²) in [5, 5.41) is 7.87. The highest BCUT2D eigenvalue weighted by Gasteiger charge is 2.15. The number of benzene rings is 2. The topological polar surface area (TPSA) is 97.4 Å². The maximum atomic E-state index is 12.1. The number of rotatable bonds is 8. The first-order valence-electron chi connectivity index (χ1n) is 8.83. The average Bonchev–Trinajstić information content (AvgIpc) is 3.21. The number of ether oxygens (including phenoxy) is 1. The predicted molar refractivity (Wildman–Crippen MR) is 111 cm³/mol. The first kappa shape index (κ1) is 20.2. The molecule has 0 saturated heterocycles. The Bertz CT molecular complexity index is 1020. The molecule has 148 valence electrons. The van der Waals surface area contributed by atoms with Crippen molar-refractivity contribution in [2.24, 2.45) is 0 Å². The summed E-state index contributed by atoms with van der Waals surface area (Å²) in [6, 6.07) is 16.4. The molecule has 0 aliphatic rings. The Labute approximate surface area is 171 Å². The highest BCUT2D eigenvalue weighted by atomic mass is 32.1. The van der Waals surface area contributed by atoms with Crippen molar-refractivity contribution < 1.29 is 19.1 Å². The number of nitrogens with zero attached hydrogens (tertiary/aromatic N) is 1. The Morgan fingerprint density at radius 1 is 1.03 bits per heavy atom. The van der Waals surface area contributed by atoms with E-state index in [2.05, 4.69) is 15.6 Å². The summed E-state index contributed by atoms with van der Waals surface area (Å²) in [5.41, 5.74) is 1.99. The molecule has 0 saturated carbocycles. The fourth-order valence-corrected chi connectivity index (χ4v) is 3.19. The second-order valence-corrected chi connectivity index (χ2v) is 6.96. The van der Waals surface area contributed by atoms with Crippen LogP contribution in [-0.2, 0) is 16.1 Å². The van der Waals surface area contributed by atoms with Crippen molar-refractivity contribution in [3.63, 3.8) is 0 Å². The van der Waals surface area contributed by atoms with Gasteiger partial charge in [0.05, 0.1) is 5.69 Å². The zero-order chi connectivity index (χ0) is 20.6. The van der Waals surface area contributed by atoms with Gasteiger partial charge in [-0.05, 0) is 24.6 Å². The van der Waals surface area contributed by atoms with Crippen molar-refractivity contribution in [2.45, 2.75) is 13.5 Å². The van der Waals surface area contributed by atoms with Gasteiger partial charge in [-0.25, -0.2) is 9.78 Å². The van der Waals surface area contributed by atoms with E-state index in [0.717, 1.165) is 5.56 Å². The molecule has 0 aliphatic heterocycles. The van der Waals surface area contributed by atoms with Gasteiger partial charge in [0, 0.05) is 17.5 Å². The SMILES string of the molecule is CC(=O)c1ccccc1NC(=O)COC(=O)c1csc(NCc2ccccc2)n1. The van der Waals surface area contributed by atoms with Crippen LogP contribution >= 0.6 is 11.3 Å². The third-order valence-electron chi connectivity index (χ3n) is 3.91. The molecule has 8 heteroatoms. The third-order valence-corrected chi connectivity index (χ3v) is 4.71. The van der Waals surface area contributed by atoms with Gasteiger partial charge in [0.15, 0.2) is 23.2 Å². The van der Waals surface area contributed by atoms with E-state index in [1.165, 1.54) is 18.3 Å². The van der Waals surface area contributed by atoms with E-state index < -0.39 is 18.5 Å². The van der Waals surface area contributed by atoms with Crippen molar-refractivity contribution in [2.75, 3.05) is 17.2 Å². The molecule has 1 amide bonds. The van der Waals surface area contributed by atoms with E-state index in [1.54, 1.807) is 29.6 Å². The van der Waals surface area contributed by atoms with Crippen LogP contribution in [0.25, 0.3) is 0 Å². The summed E-state index contributed by atoms with van der Waals surface area (Å²) in [6.45, 7) is 1.52. The van der Waals surface area contributed by atoms with Crippen LogP contribution in [0.1, 0.15) is 33.3 Å². The number of carbonyl (C=O) groups excluding carboxylic acids is 3. The molecule has 2 aromatic carbocycles. The van der Waals surface area contributed by atoms with Crippen molar-refractivity contribution in [3.05, 3.63) is 76.8 Å². The summed E-state index contributed by atoms with van der Waals surface area (Å²) < 4.78 is 5.02. The lowest BCUT2D eigenvalue weighted by atomic mass is 10.1. The number of carbonyl (C=O) groups is 3. The molecule has 0 radical (unpaired) electrons. The number of thiazole rings is 1. The van der Waals surface area contributed by atoms with Gasteiger partial charge in [0.1, 0.15) is 0 Å². The maximum absolute atomic E-state index is 12.1. The molecular weight excluding hydrogens is 390 g/mol. The van der Waals surface area contributed by atoms with Gasteiger partial charge in [-0.2, -0.15) is 0 Å². The molecule has 7 nitrogen and oxygen atoms in total. The minimum absolute atomic E-state index is 0.127. The van der Waals surface area contributed by atoms with Crippen LogP contribution in [0.3, 0.4) is 0 Å². The predicted octanol–water partition coefficient (Wildman–Crippen LogP) is 3.75. The van der Waals surface area contributed by atoms with Crippen LogP contribution in [-0.4, -0.2) is 29.3 Å². The van der Waals surface area contributed by atoms with Crippen LogP contribution in [0.5, 0.6) is 0 Å². The minimum atomic E-state index is -0.691. The van der Waals surface area contributed by atoms with E-state index in [-0.39, 0.29) is 11.5 Å². The lowest BCUT2D eigenvalue weighted by Crippen LogP contribution is -2.22. The number of hydrogen-bond donors (Lipinski definition) is 2. The maximum Gasteiger partial charge on any atom is 0.358 e. The van der Waals surface area contributed by atoms with Gasteiger partial charge in [0.25, 0.3) is 5.91 Å². The Hall–Kier alpha value is -3.52. The number of para-hydroxylation sites is 1. The quantitative estimate of drug-likeness (QED) is 0.434. The number of aromatic nitrogens is 1. The summed E-state index contributed by atoms with van der Waals surface area (Å²) in [7, 11) is 0. The summed E-state index contributed by atoms with van der Waals surface area (Å²) >= 11 is 1.28. The fourth-order valence-electron chi connectivity index (χ4n) is 2.51. The largest absolute Gasteiger partial charge is 0.451 e. The number of nitrogens with one attached hydrogen (secondary N) is 2. The van der Waals surface area contributed by atoms with Crippen molar-refractivity contribution in [1.82, 2.24) is 4.98 Å². The molecule has 0 atom stereocenters. The third kappa shape index (κ3) is 5.73. The van der Waals surface area contributed by atoms with Gasteiger partial charge >= 0.3 is 5.97 Å². The van der Waals surface area contributed by atoms with Gasteiger partial charge < -0.3 is 15.4 Å². The lowest BCUT2D eigenvalue weighted by Gasteiger charge is -2.09. The van der Waals surface area contributed by atoms with Crippen molar-refractivity contribution >= 4 is 39.8 Å². The van der Waals surface area contributed by atoms with Crippen molar-refractivity contribution in [1.29, 1.82) is 0 Å². The highest BCUT2D eigenvalue weighted by Crippen LogP contribution is 2.18. The first-order valence-corrected chi connectivity index (χ1v) is 9.71. The number of anilines is 2. The van der Waals surface area contributed by atoms with Crippen LogP contribution in [0.2, 0.25) is 0 Å². The Morgan fingerprint density at radius 2 is 1.76 bits per heavy atom. The smallest absolute Gasteiger partial charge is 0.358 e. The van der Waals surface area contributed by atoms with E-state index >= 15 is 0 Å². The number of amides is 1. The minimum Gasteiger partial charge on any atom is -0.451 e. The molecule has 0 bridgehead atoms. The molecule has 1 aromatic heterocycles. The summed E-state index contributed by atoms with van der Waals surface area (Å²) in [4.78, 5) is 40.0. The van der Waals surface area contributed by atoms with Crippen LogP contribution in [0.4, 0.5) is 10.8 Å². The fraction of sp³-hybridized carbons (Fsp3) is 0.143. The molecule has 0 unspecified atom stereocenters. The van der Waals surface area contributed by atoms with Gasteiger partial charge in [-0.15, -0.1) is 11.3 Å². The number of esters is 1. The number of Topliss-reactive ketones (excluding diaryl/α,β-unsaturated/α-hetero) is 1. The highest BCUT2D eigenvalue weighted by molar-refractivity contribution is 7.13. The molecule has 0 aliphatic carbocycles. The monoisotopic (exact) mass is 409 g/mol. The first-order chi connectivity index (χ1) is 14.0. The molecule has 2 N–H and O–H groups in total. The van der Waals surface area contributed by atoms with Gasteiger partial charge in [-0.3, -0.25) is 9.59 Å². The Morgan fingerprint density at radius 3 is 2.52 bits per heavy atom. The van der Waals surface area contributed by atoms with Gasteiger partial charge in [-0.1, -0.05) is 42.5 Å². The molecule has 3 aromatic rings. The zero-order valence-corrected chi connectivity index (χ0v) is 16.5. The lowest BCUT2D eigenvalue weighted by molar-refractivity contribution is -0.119. The van der Waals surface area contributed by atoms with Crippen LogP contribution in [0.15, 0.2) is 60.0 Å². The molecular formula is C21H19N3O4S. The Kier molecular flexibility index (Phi) is 6.70. The van der Waals surface area contributed by atoms with Crippen molar-refractivity contribution in [3.8, 4) is 0 Å². The van der Waals surface area contributed by atoms with E-state index in [1.807, 2.05) is 30.3 Å². The Balaban J connectivity index is 1.50. The van der Waals surface area contributed by atoms with Crippen LogP contribution < -0.4 is 10.6 Å². The summed E-state index contributed by atoms with van der Waals surface area (Å²) in [5.74, 6) is -1.40. The van der Waals surface area contributed by atoms with Crippen LogP contribution in [0, 0.1) is 0 Å². The number of hydrogen-bond acceptors (Lipinski definition) is 7.